The average molecular weight is 184 g/mol. The number of nitrogens with one attached hydrogen (secondary N) is 1. The van der Waals surface area contributed by atoms with Gasteiger partial charge in [0, 0.05) is 0 Å². The fourth-order valence-electron chi connectivity index (χ4n) is 0.836. The third-order valence-corrected chi connectivity index (χ3v) is 2.60. The summed E-state index contributed by atoms with van der Waals surface area (Å²) in [5.74, 6) is 0. The maximum Gasteiger partial charge on any atom is 0.280 e. The van der Waals surface area contributed by atoms with Crippen LogP contribution in [-0.4, -0.2) is 24.6 Å². The highest BCUT2D eigenvalue weighted by Crippen LogP contribution is 2.11. The molecule has 12 heavy (non-hydrogen) atoms. The van der Waals surface area contributed by atoms with Gasteiger partial charge >= 0.3 is 0 Å². The van der Waals surface area contributed by atoms with Gasteiger partial charge in [0.15, 0.2) is 0 Å². The fraction of sp³-hybridized carbons (Fsp3) is 0. The number of nitrogens with zero attached hydrogens (tertiary/aromatic N) is 3. The molecule has 7 heteroatoms. The van der Waals surface area contributed by atoms with Crippen molar-refractivity contribution in [1.82, 2.24) is 14.8 Å². The molecule has 0 aromatic carbocycles. The number of hydrazone groups is 1. The van der Waals surface area contributed by atoms with Crippen molar-refractivity contribution in [3.05, 3.63) is 18.2 Å². The molecule has 1 aliphatic heterocycles. The minimum Gasteiger partial charge on any atom is -0.243 e. The molecule has 0 aliphatic carbocycles. The lowest BCUT2D eigenvalue weighted by Crippen LogP contribution is -2.24. The third-order valence-electron chi connectivity index (χ3n) is 1.36. The quantitative estimate of drug-likeness (QED) is 0.566. The van der Waals surface area contributed by atoms with Crippen LogP contribution in [0.25, 0.3) is 0 Å². The molecule has 0 saturated heterocycles. The Morgan fingerprint density at radius 2 is 2.25 bits per heavy atom. The maximum absolute atomic E-state index is 11.2. The Morgan fingerprint density at radius 1 is 1.42 bits per heavy atom. The number of hydrogen-bond acceptors (Lipinski definition) is 5. The minimum atomic E-state index is -3.51. The van der Waals surface area contributed by atoms with Crippen LogP contribution in [0.2, 0.25) is 0 Å². The Morgan fingerprint density at radius 3 is 3.00 bits per heavy atom. The van der Waals surface area contributed by atoms with Gasteiger partial charge in [-0.3, -0.25) is 0 Å². The third kappa shape index (κ3) is 0.944. The lowest BCUT2D eigenvalue weighted by Gasteiger charge is -2.08. The summed E-state index contributed by atoms with van der Waals surface area (Å²) in [6.07, 6.45) is 3.83. The van der Waals surface area contributed by atoms with Crippen LogP contribution in [0.5, 0.6) is 0 Å². The molecule has 62 valence electrons. The minimum absolute atomic E-state index is 0.0556. The summed E-state index contributed by atoms with van der Waals surface area (Å²) in [7, 11) is -3.51. The van der Waals surface area contributed by atoms with Crippen molar-refractivity contribution in [3.8, 4) is 0 Å². The Bertz CT molecular complexity index is 439. The molecule has 0 fully saturated rings. The van der Waals surface area contributed by atoms with E-state index < -0.39 is 10.0 Å². The van der Waals surface area contributed by atoms with E-state index in [9.17, 15) is 8.42 Å². The number of hydrogen-bond donors (Lipinski definition) is 1. The number of sulfonamides is 1. The van der Waals surface area contributed by atoms with Crippen molar-refractivity contribution in [3.63, 3.8) is 0 Å². The largest absolute Gasteiger partial charge is 0.280 e. The van der Waals surface area contributed by atoms with E-state index in [2.05, 4.69) is 15.1 Å². The first kappa shape index (κ1) is 7.17. The first-order chi connectivity index (χ1) is 5.70. The predicted molar refractivity (Wildman–Crippen MR) is 39.9 cm³/mol. The van der Waals surface area contributed by atoms with Crippen LogP contribution >= 0.6 is 0 Å². The number of aromatic nitrogens is 2. The molecule has 6 nitrogen and oxygen atoms in total. The fourth-order valence-corrected chi connectivity index (χ4v) is 1.71. The second-order valence-corrected chi connectivity index (χ2v) is 3.75. The van der Waals surface area contributed by atoms with Gasteiger partial charge in [-0.25, -0.2) is 9.97 Å². The second-order valence-electron chi connectivity index (χ2n) is 2.13. The summed E-state index contributed by atoms with van der Waals surface area (Å²) in [5.41, 5.74) is 0.309. The van der Waals surface area contributed by atoms with Gasteiger partial charge in [-0.1, -0.05) is 0 Å². The second kappa shape index (κ2) is 2.24. The predicted octanol–water partition coefficient (Wildman–Crippen LogP) is -0.898. The van der Waals surface area contributed by atoms with Gasteiger partial charge < -0.3 is 0 Å². The summed E-state index contributed by atoms with van der Waals surface area (Å²) < 4.78 is 22.3. The van der Waals surface area contributed by atoms with Gasteiger partial charge in [-0.05, 0) is 0 Å². The Kier molecular flexibility index (Phi) is 1.34. The highest BCUT2D eigenvalue weighted by atomic mass is 32.2. The van der Waals surface area contributed by atoms with E-state index in [1.807, 2.05) is 4.83 Å². The van der Waals surface area contributed by atoms with Gasteiger partial charge in [0.25, 0.3) is 10.0 Å². The van der Waals surface area contributed by atoms with E-state index in [1.165, 1.54) is 18.7 Å². The average Bonchev–Trinajstić information content (AvgIpc) is 2.04. The molecule has 1 aromatic heterocycles. The molecule has 2 rings (SSSR count). The Hall–Kier alpha value is -1.50. The van der Waals surface area contributed by atoms with E-state index in [0.717, 1.165) is 0 Å². The zero-order chi connectivity index (χ0) is 8.60. The van der Waals surface area contributed by atoms with Gasteiger partial charge in [0.1, 0.15) is 16.9 Å². The van der Waals surface area contributed by atoms with Crippen LogP contribution in [0.15, 0.2) is 22.5 Å². The van der Waals surface area contributed by atoms with Crippen LogP contribution in [0.1, 0.15) is 5.69 Å². The number of fused-ring (bicyclic) bond motifs is 1. The van der Waals surface area contributed by atoms with Crippen LogP contribution < -0.4 is 4.83 Å². The van der Waals surface area contributed by atoms with E-state index in [1.54, 1.807) is 0 Å². The van der Waals surface area contributed by atoms with Crippen molar-refractivity contribution in [2.75, 3.05) is 0 Å². The van der Waals surface area contributed by atoms with Crippen LogP contribution in [0.3, 0.4) is 0 Å². The lowest BCUT2D eigenvalue weighted by atomic mass is 10.4. The zero-order valence-corrected chi connectivity index (χ0v) is 6.61. The molecule has 0 amide bonds. The lowest BCUT2D eigenvalue weighted by molar-refractivity contribution is 0.582. The summed E-state index contributed by atoms with van der Waals surface area (Å²) in [6, 6.07) is 0. The molecule has 0 spiro atoms. The van der Waals surface area contributed by atoms with Crippen molar-refractivity contribution in [2.45, 2.75) is 4.90 Å². The molecule has 0 radical (unpaired) electrons. The SMILES string of the molecule is O=S1(=O)NN=Cc2ncncc21. The van der Waals surface area contributed by atoms with Crippen LogP contribution in [0.4, 0.5) is 0 Å². The van der Waals surface area contributed by atoms with Crippen molar-refractivity contribution >= 4 is 16.2 Å². The number of rotatable bonds is 0. The molecule has 0 saturated carbocycles. The van der Waals surface area contributed by atoms with Crippen LogP contribution in [0, 0.1) is 0 Å². The van der Waals surface area contributed by atoms with Crippen molar-refractivity contribution in [2.24, 2.45) is 5.10 Å². The molecule has 1 N–H and O–H groups in total. The molecular formula is C5H4N4O2S. The van der Waals surface area contributed by atoms with Crippen LogP contribution in [-0.2, 0) is 10.0 Å². The normalized spacial score (nSPS) is 18.0. The molecule has 1 aliphatic rings. The van der Waals surface area contributed by atoms with E-state index in [4.69, 9.17) is 0 Å². The molecule has 0 bridgehead atoms. The smallest absolute Gasteiger partial charge is 0.243 e. The monoisotopic (exact) mass is 184 g/mol. The van der Waals surface area contributed by atoms with Gasteiger partial charge in [-0.15, -0.1) is 0 Å². The summed E-state index contributed by atoms with van der Waals surface area (Å²) in [4.78, 5) is 9.37. The van der Waals surface area contributed by atoms with Gasteiger partial charge in [0.05, 0.1) is 12.4 Å². The van der Waals surface area contributed by atoms with E-state index in [-0.39, 0.29) is 4.90 Å². The molecule has 0 unspecified atom stereocenters. The maximum atomic E-state index is 11.2. The summed E-state index contributed by atoms with van der Waals surface area (Å²) in [5, 5.41) is 3.42. The van der Waals surface area contributed by atoms with E-state index >= 15 is 0 Å². The first-order valence-electron chi connectivity index (χ1n) is 3.05. The van der Waals surface area contributed by atoms with Gasteiger partial charge in [0.2, 0.25) is 0 Å². The summed E-state index contributed by atoms with van der Waals surface area (Å²) in [6.45, 7) is 0. The molecule has 0 atom stereocenters. The zero-order valence-electron chi connectivity index (χ0n) is 5.80. The standard InChI is InChI=1S/C5H4N4O2S/c10-12(11)5-2-6-3-7-4(5)1-8-9-12/h1-3,9H. The summed E-state index contributed by atoms with van der Waals surface area (Å²) >= 11 is 0. The highest BCUT2D eigenvalue weighted by Gasteiger charge is 2.21. The Balaban J connectivity index is 2.77. The highest BCUT2D eigenvalue weighted by molar-refractivity contribution is 7.89. The Labute approximate surface area is 68.4 Å². The topological polar surface area (TPSA) is 84.3 Å². The molecule has 2 heterocycles. The van der Waals surface area contributed by atoms with Gasteiger partial charge in [-0.2, -0.15) is 18.4 Å². The molecular weight excluding hydrogens is 180 g/mol. The molecule has 1 aromatic rings. The van der Waals surface area contributed by atoms with Crippen molar-refractivity contribution < 1.29 is 8.42 Å². The first-order valence-corrected chi connectivity index (χ1v) is 4.53. The van der Waals surface area contributed by atoms with Crippen molar-refractivity contribution in [1.29, 1.82) is 0 Å². The van der Waals surface area contributed by atoms with E-state index in [0.29, 0.717) is 5.69 Å².